The summed E-state index contributed by atoms with van der Waals surface area (Å²) in [5.41, 5.74) is 3.01. The summed E-state index contributed by atoms with van der Waals surface area (Å²) in [7, 11) is -0.754. The Morgan fingerprint density at radius 2 is 0.556 bits per heavy atom. The molecule has 5 aromatic carbocycles. The fourth-order valence-electron chi connectivity index (χ4n) is 4.76. The summed E-state index contributed by atoms with van der Waals surface area (Å²) in [5.74, 6) is 0. The Hall–Kier alpha value is -3.04. The lowest BCUT2D eigenvalue weighted by Gasteiger charge is -2.21. The zero-order chi connectivity index (χ0) is 24.4. The maximum absolute atomic E-state index is 2.35. The van der Waals surface area contributed by atoms with Gasteiger partial charge in [-0.15, -0.1) is 0 Å². The molecule has 0 spiro atoms. The molecule has 0 amide bonds. The van der Waals surface area contributed by atoms with Crippen LogP contribution in [0.15, 0.2) is 146 Å². The summed E-state index contributed by atoms with van der Waals surface area (Å²) in [6.45, 7) is 0. The van der Waals surface area contributed by atoms with E-state index in [1.807, 2.05) is 0 Å². The van der Waals surface area contributed by atoms with Crippen molar-refractivity contribution < 1.29 is 0 Å². The van der Waals surface area contributed by atoms with Gasteiger partial charge in [0.1, 0.15) is 0 Å². The van der Waals surface area contributed by atoms with Gasteiger partial charge >= 0.3 is 0 Å². The van der Waals surface area contributed by atoms with Crippen LogP contribution < -0.4 is 21.2 Å². The third-order valence-corrected chi connectivity index (χ3v) is 11.6. The van der Waals surface area contributed by atoms with E-state index in [0.29, 0.717) is 0 Å². The van der Waals surface area contributed by atoms with E-state index in [0.717, 1.165) is 12.8 Å². The Balaban J connectivity index is 1.35. The molecule has 5 aromatic rings. The first-order valence-corrected chi connectivity index (χ1v) is 15.8. The Labute approximate surface area is 218 Å². The molecule has 0 bridgehead atoms. The highest BCUT2D eigenvalue weighted by molar-refractivity contribution is 7.73. The van der Waals surface area contributed by atoms with E-state index < -0.39 is 0 Å². The van der Waals surface area contributed by atoms with Crippen molar-refractivity contribution in [2.45, 2.75) is 12.8 Å². The van der Waals surface area contributed by atoms with Crippen molar-refractivity contribution in [3.8, 4) is 0 Å². The lowest BCUT2D eigenvalue weighted by atomic mass is 10.0. The molecule has 0 unspecified atom stereocenters. The minimum atomic E-state index is -0.377. The highest BCUT2D eigenvalue weighted by Gasteiger charge is 2.17. The first kappa shape index (κ1) is 24.6. The summed E-state index contributed by atoms with van der Waals surface area (Å²) < 4.78 is 0. The summed E-state index contributed by atoms with van der Waals surface area (Å²) in [6.07, 6.45) is 4.57. The van der Waals surface area contributed by atoms with Gasteiger partial charge in [-0.3, -0.25) is 0 Å². The van der Waals surface area contributed by atoms with Crippen molar-refractivity contribution in [1.29, 1.82) is 0 Å². The van der Waals surface area contributed by atoms with Gasteiger partial charge in [0.15, 0.2) is 0 Å². The molecule has 0 aliphatic rings. The van der Waals surface area contributed by atoms with Crippen LogP contribution in [0.3, 0.4) is 0 Å². The highest BCUT2D eigenvalue weighted by Crippen LogP contribution is 2.36. The van der Waals surface area contributed by atoms with Crippen LogP contribution in [0.5, 0.6) is 0 Å². The molecule has 0 aromatic heterocycles. The quantitative estimate of drug-likeness (QED) is 0.180. The smallest absolute Gasteiger partial charge is 0.0195 e. The average molecular weight is 503 g/mol. The molecular formula is C34H32P2. The Morgan fingerprint density at radius 3 is 0.833 bits per heavy atom. The van der Waals surface area contributed by atoms with E-state index in [4.69, 9.17) is 0 Å². The van der Waals surface area contributed by atoms with Crippen LogP contribution in [0.4, 0.5) is 0 Å². The zero-order valence-corrected chi connectivity index (χ0v) is 22.4. The molecule has 0 heterocycles. The molecule has 0 saturated carbocycles. The molecule has 0 radical (unpaired) electrons. The molecule has 5 rings (SSSR count). The topological polar surface area (TPSA) is 0 Å². The number of hydrogen-bond acceptors (Lipinski definition) is 0. The highest BCUT2D eigenvalue weighted by atomic mass is 31.1. The first-order chi connectivity index (χ1) is 17.9. The van der Waals surface area contributed by atoms with E-state index in [2.05, 4.69) is 146 Å². The lowest BCUT2D eigenvalue weighted by Crippen LogP contribution is -2.16. The maximum Gasteiger partial charge on any atom is -0.0195 e. The molecular weight excluding hydrogens is 470 g/mol. The van der Waals surface area contributed by atoms with Crippen LogP contribution in [-0.2, 0) is 12.8 Å². The van der Waals surface area contributed by atoms with Crippen molar-refractivity contribution in [2.75, 3.05) is 12.3 Å². The standard InChI is InChI=1S/C34H32P2/c1-5-17-31(18-6-1)35(32-19-7-2-8-20-32)27-25-29-15-13-14-16-30(29)26-28-36(33-21-9-3-10-22-33)34-23-11-4-12-24-34/h1-24H,25-28H2. The van der Waals surface area contributed by atoms with Gasteiger partial charge < -0.3 is 0 Å². The monoisotopic (exact) mass is 502 g/mol. The number of benzene rings is 5. The molecule has 0 fully saturated rings. The van der Waals surface area contributed by atoms with E-state index in [1.165, 1.54) is 44.7 Å². The fourth-order valence-corrected chi connectivity index (χ4v) is 9.44. The van der Waals surface area contributed by atoms with Gasteiger partial charge in [-0.2, -0.15) is 0 Å². The van der Waals surface area contributed by atoms with E-state index in [1.54, 1.807) is 0 Å². The second-order valence-electron chi connectivity index (χ2n) is 8.91. The molecule has 0 aliphatic heterocycles. The third-order valence-electron chi connectivity index (χ3n) is 6.60. The SMILES string of the molecule is c1ccc(P(CCc2ccccc2CCP(c2ccccc2)c2ccccc2)c2ccccc2)cc1. The second kappa shape index (κ2) is 12.8. The van der Waals surface area contributed by atoms with Crippen molar-refractivity contribution in [1.82, 2.24) is 0 Å². The number of hydrogen-bond donors (Lipinski definition) is 0. The molecule has 0 aliphatic carbocycles. The fraction of sp³-hybridized carbons (Fsp3) is 0.118. The maximum atomic E-state index is 2.35. The van der Waals surface area contributed by atoms with E-state index in [-0.39, 0.29) is 15.8 Å². The van der Waals surface area contributed by atoms with Gasteiger partial charge in [-0.1, -0.05) is 146 Å². The van der Waals surface area contributed by atoms with Crippen LogP contribution in [0, 0.1) is 0 Å². The van der Waals surface area contributed by atoms with Crippen molar-refractivity contribution in [3.63, 3.8) is 0 Å². The van der Waals surface area contributed by atoms with E-state index >= 15 is 0 Å². The molecule has 0 atom stereocenters. The summed E-state index contributed by atoms with van der Waals surface area (Å²) >= 11 is 0. The summed E-state index contributed by atoms with van der Waals surface area (Å²) in [4.78, 5) is 0. The predicted molar refractivity (Wildman–Crippen MR) is 162 cm³/mol. The first-order valence-electron chi connectivity index (χ1n) is 12.7. The molecule has 0 nitrogen and oxygen atoms in total. The van der Waals surface area contributed by atoms with E-state index in [9.17, 15) is 0 Å². The van der Waals surface area contributed by atoms with Gasteiger partial charge in [-0.05, 0) is 73.4 Å². The largest absolute Gasteiger partial charge is 0.0622 e. The minimum absolute atomic E-state index is 0.377. The van der Waals surface area contributed by atoms with Crippen LogP contribution >= 0.6 is 15.8 Å². The van der Waals surface area contributed by atoms with Crippen LogP contribution in [0.2, 0.25) is 0 Å². The van der Waals surface area contributed by atoms with Crippen molar-refractivity contribution in [3.05, 3.63) is 157 Å². The Kier molecular flexibility index (Phi) is 8.75. The molecule has 2 heteroatoms. The average Bonchev–Trinajstić information content (AvgIpc) is 2.96. The summed E-state index contributed by atoms with van der Waals surface area (Å²) in [6, 6.07) is 53.5. The zero-order valence-electron chi connectivity index (χ0n) is 20.6. The van der Waals surface area contributed by atoms with Gasteiger partial charge in [0, 0.05) is 0 Å². The minimum Gasteiger partial charge on any atom is -0.0622 e. The predicted octanol–water partition coefficient (Wildman–Crippen LogP) is 7.04. The Morgan fingerprint density at radius 1 is 0.306 bits per heavy atom. The van der Waals surface area contributed by atoms with Gasteiger partial charge in [0.05, 0.1) is 0 Å². The van der Waals surface area contributed by atoms with Gasteiger partial charge in [0.25, 0.3) is 0 Å². The van der Waals surface area contributed by atoms with Gasteiger partial charge in [-0.25, -0.2) is 0 Å². The number of aryl methyl sites for hydroxylation is 2. The van der Waals surface area contributed by atoms with Gasteiger partial charge in [0.2, 0.25) is 0 Å². The van der Waals surface area contributed by atoms with Crippen LogP contribution in [-0.4, -0.2) is 12.3 Å². The Bertz CT molecular complexity index is 1130. The normalized spacial score (nSPS) is 11.2. The van der Waals surface area contributed by atoms with Crippen molar-refractivity contribution >= 4 is 37.1 Å². The third kappa shape index (κ3) is 6.39. The molecule has 0 N–H and O–H groups in total. The molecule has 36 heavy (non-hydrogen) atoms. The lowest BCUT2D eigenvalue weighted by molar-refractivity contribution is 1.05. The van der Waals surface area contributed by atoms with Crippen LogP contribution in [0.25, 0.3) is 0 Å². The second-order valence-corrected chi connectivity index (χ2v) is 13.6. The summed E-state index contributed by atoms with van der Waals surface area (Å²) in [5, 5.41) is 5.86. The molecule has 178 valence electrons. The molecule has 0 saturated heterocycles. The van der Waals surface area contributed by atoms with Crippen molar-refractivity contribution in [2.24, 2.45) is 0 Å². The number of rotatable bonds is 10. The van der Waals surface area contributed by atoms with Crippen LogP contribution in [0.1, 0.15) is 11.1 Å².